The van der Waals surface area contributed by atoms with E-state index in [0.29, 0.717) is 0 Å². The van der Waals surface area contributed by atoms with Gasteiger partial charge in [-0.2, -0.15) is 11.8 Å². The number of rotatable bonds is 6. The summed E-state index contributed by atoms with van der Waals surface area (Å²) in [5.41, 5.74) is 0.308. The molecule has 1 aromatic rings. The Kier molecular flexibility index (Phi) is 5.64. The van der Waals surface area contributed by atoms with Gasteiger partial charge in [-0.25, -0.2) is 4.79 Å². The highest BCUT2D eigenvalue weighted by atomic mass is 32.2. The number of hydrogen-bond donors (Lipinski definition) is 2. The summed E-state index contributed by atoms with van der Waals surface area (Å²) in [5.74, 6) is -0.480. The lowest BCUT2D eigenvalue weighted by molar-refractivity contribution is 0.0695. The highest BCUT2D eigenvalue weighted by molar-refractivity contribution is 7.98. The average Bonchev–Trinajstić information content (AvgIpc) is 2.38. The number of carbonyl (C=O) groups excluding carboxylic acids is 1. The summed E-state index contributed by atoms with van der Waals surface area (Å²) in [6.45, 7) is 2.00. The number of thioether (sulfide) groups is 1. The maximum atomic E-state index is 11.8. The summed E-state index contributed by atoms with van der Waals surface area (Å²) >= 11 is 1.67. The molecule has 0 fully saturated rings. The highest BCUT2D eigenvalue weighted by Crippen LogP contribution is 2.04. The number of nitrogens with one attached hydrogen (secondary N) is 1. The fourth-order valence-corrected chi connectivity index (χ4v) is 2.10. The second kappa shape index (κ2) is 7.00. The fourth-order valence-electron chi connectivity index (χ4n) is 1.38. The Labute approximate surface area is 110 Å². The van der Waals surface area contributed by atoms with E-state index in [1.165, 1.54) is 18.3 Å². The van der Waals surface area contributed by atoms with Gasteiger partial charge >= 0.3 is 5.97 Å². The number of carbonyl (C=O) groups is 2. The molecule has 0 aliphatic heterocycles. The minimum Gasteiger partial charge on any atom is -0.478 e. The molecule has 0 aliphatic carbocycles. The quantitative estimate of drug-likeness (QED) is 0.820. The number of carboxylic acid groups (broad SMARTS) is 1. The summed E-state index contributed by atoms with van der Waals surface area (Å²) < 4.78 is 0. The number of amides is 1. The molecule has 0 aliphatic rings. The van der Waals surface area contributed by atoms with Crippen LogP contribution < -0.4 is 5.32 Å². The zero-order valence-corrected chi connectivity index (χ0v) is 11.2. The molecule has 98 valence electrons. The molecular weight excluding hydrogens is 252 g/mol. The summed E-state index contributed by atoms with van der Waals surface area (Å²) in [6, 6.07) is 2.90. The van der Waals surface area contributed by atoms with Gasteiger partial charge in [0.05, 0.1) is 5.56 Å². The molecule has 0 saturated carbocycles. The SMILES string of the molecule is CCC(CSC)NC(=O)c1ccc(C(=O)O)cn1. The second-order valence-electron chi connectivity index (χ2n) is 3.77. The molecule has 0 bridgehead atoms. The Morgan fingerprint density at radius 1 is 1.50 bits per heavy atom. The van der Waals surface area contributed by atoms with Crippen LogP contribution in [0.2, 0.25) is 0 Å². The van der Waals surface area contributed by atoms with Gasteiger partial charge in [0.15, 0.2) is 0 Å². The molecule has 0 aromatic carbocycles. The van der Waals surface area contributed by atoms with Crippen molar-refractivity contribution < 1.29 is 14.7 Å². The van der Waals surface area contributed by atoms with Crippen molar-refractivity contribution in [1.29, 1.82) is 0 Å². The van der Waals surface area contributed by atoms with E-state index in [9.17, 15) is 9.59 Å². The van der Waals surface area contributed by atoms with Crippen LogP contribution in [0.1, 0.15) is 34.2 Å². The standard InChI is InChI=1S/C12H16N2O3S/c1-3-9(7-18-2)14-11(15)10-5-4-8(6-13-10)12(16)17/h4-6,9H,3,7H2,1-2H3,(H,14,15)(H,16,17). The molecule has 1 aromatic heterocycles. The largest absolute Gasteiger partial charge is 0.478 e. The zero-order valence-electron chi connectivity index (χ0n) is 10.3. The van der Waals surface area contributed by atoms with Gasteiger partial charge in [-0.3, -0.25) is 9.78 Å². The van der Waals surface area contributed by atoms with Crippen LogP contribution in [0.5, 0.6) is 0 Å². The number of nitrogens with zero attached hydrogens (tertiary/aromatic N) is 1. The lowest BCUT2D eigenvalue weighted by atomic mass is 10.2. The highest BCUT2D eigenvalue weighted by Gasteiger charge is 2.13. The van der Waals surface area contributed by atoms with Crippen molar-refractivity contribution in [3.8, 4) is 0 Å². The lowest BCUT2D eigenvalue weighted by Crippen LogP contribution is -2.36. The second-order valence-corrected chi connectivity index (χ2v) is 4.68. The van der Waals surface area contributed by atoms with Crippen LogP contribution in [0.25, 0.3) is 0 Å². The predicted molar refractivity (Wildman–Crippen MR) is 71.1 cm³/mol. The van der Waals surface area contributed by atoms with Crippen molar-refractivity contribution in [1.82, 2.24) is 10.3 Å². The Morgan fingerprint density at radius 3 is 2.67 bits per heavy atom. The number of pyridine rings is 1. The molecule has 6 heteroatoms. The molecule has 1 atom stereocenters. The summed E-state index contributed by atoms with van der Waals surface area (Å²) in [4.78, 5) is 26.3. The van der Waals surface area contributed by atoms with Crippen molar-refractivity contribution in [2.45, 2.75) is 19.4 Å². The molecule has 1 unspecified atom stereocenters. The maximum absolute atomic E-state index is 11.8. The third kappa shape index (κ3) is 4.03. The fraction of sp³-hybridized carbons (Fsp3) is 0.417. The van der Waals surface area contributed by atoms with Crippen LogP contribution in [0.4, 0.5) is 0 Å². The van der Waals surface area contributed by atoms with Gasteiger partial charge in [0, 0.05) is 18.0 Å². The van der Waals surface area contributed by atoms with Crippen LogP contribution >= 0.6 is 11.8 Å². The van der Waals surface area contributed by atoms with Crippen molar-refractivity contribution in [2.75, 3.05) is 12.0 Å². The summed E-state index contributed by atoms with van der Waals surface area (Å²) in [7, 11) is 0. The van der Waals surface area contributed by atoms with Gasteiger partial charge in [-0.05, 0) is 24.8 Å². The third-order valence-corrected chi connectivity index (χ3v) is 3.17. The van der Waals surface area contributed by atoms with Crippen molar-refractivity contribution in [3.05, 3.63) is 29.6 Å². The first kappa shape index (κ1) is 14.5. The van der Waals surface area contributed by atoms with Gasteiger partial charge in [0.1, 0.15) is 5.69 Å². The Hall–Kier alpha value is -1.56. The molecule has 18 heavy (non-hydrogen) atoms. The zero-order chi connectivity index (χ0) is 13.5. The van der Waals surface area contributed by atoms with Gasteiger partial charge in [-0.15, -0.1) is 0 Å². The van der Waals surface area contributed by atoms with Crippen molar-refractivity contribution >= 4 is 23.6 Å². The first-order valence-electron chi connectivity index (χ1n) is 5.57. The average molecular weight is 268 g/mol. The van der Waals surface area contributed by atoms with Crippen LogP contribution in [-0.4, -0.2) is 40.0 Å². The summed E-state index contributed by atoms with van der Waals surface area (Å²) in [6.07, 6.45) is 4.02. The third-order valence-electron chi connectivity index (χ3n) is 2.44. The first-order valence-corrected chi connectivity index (χ1v) is 6.97. The van der Waals surface area contributed by atoms with Gasteiger partial charge in [0.25, 0.3) is 5.91 Å². The van der Waals surface area contributed by atoms with Crippen molar-refractivity contribution in [2.24, 2.45) is 0 Å². The van der Waals surface area contributed by atoms with E-state index in [0.717, 1.165) is 12.2 Å². The predicted octanol–water partition coefficient (Wildman–Crippen LogP) is 1.65. The van der Waals surface area contributed by atoms with E-state index < -0.39 is 5.97 Å². The smallest absolute Gasteiger partial charge is 0.337 e. The van der Waals surface area contributed by atoms with Gasteiger partial charge < -0.3 is 10.4 Å². The van der Waals surface area contributed by atoms with Crippen LogP contribution in [0.3, 0.4) is 0 Å². The molecule has 1 rings (SSSR count). The first-order chi connectivity index (χ1) is 8.58. The van der Waals surface area contributed by atoms with Crippen LogP contribution in [0, 0.1) is 0 Å². The van der Waals surface area contributed by atoms with E-state index >= 15 is 0 Å². The van der Waals surface area contributed by atoms with Crippen molar-refractivity contribution in [3.63, 3.8) is 0 Å². The minimum absolute atomic E-state index is 0.0719. The monoisotopic (exact) mass is 268 g/mol. The van der Waals surface area contributed by atoms with E-state index in [4.69, 9.17) is 5.11 Å². The van der Waals surface area contributed by atoms with E-state index in [-0.39, 0.29) is 23.2 Å². The van der Waals surface area contributed by atoms with E-state index in [1.807, 2.05) is 13.2 Å². The number of hydrogen-bond acceptors (Lipinski definition) is 4. The molecule has 2 N–H and O–H groups in total. The van der Waals surface area contributed by atoms with Gasteiger partial charge in [0.2, 0.25) is 0 Å². The molecule has 0 radical (unpaired) electrons. The number of carboxylic acids is 1. The molecule has 5 nitrogen and oxygen atoms in total. The molecule has 1 heterocycles. The Morgan fingerprint density at radius 2 is 2.22 bits per heavy atom. The minimum atomic E-state index is -1.05. The molecule has 1 amide bonds. The summed E-state index contributed by atoms with van der Waals surface area (Å²) in [5, 5.41) is 11.6. The van der Waals surface area contributed by atoms with E-state index in [1.54, 1.807) is 11.8 Å². The molecule has 0 saturated heterocycles. The number of aromatic nitrogens is 1. The Balaban J connectivity index is 2.69. The normalized spacial score (nSPS) is 11.9. The molecule has 0 spiro atoms. The topological polar surface area (TPSA) is 79.3 Å². The van der Waals surface area contributed by atoms with E-state index in [2.05, 4.69) is 10.3 Å². The number of aromatic carboxylic acids is 1. The van der Waals surface area contributed by atoms with Gasteiger partial charge in [-0.1, -0.05) is 6.92 Å². The Bertz CT molecular complexity index is 420. The lowest BCUT2D eigenvalue weighted by Gasteiger charge is -2.15. The molecular formula is C12H16N2O3S. The maximum Gasteiger partial charge on any atom is 0.337 e. The van der Waals surface area contributed by atoms with Crippen LogP contribution in [0.15, 0.2) is 18.3 Å². The van der Waals surface area contributed by atoms with Crippen LogP contribution in [-0.2, 0) is 0 Å².